The molecular formula is C37H33F2NO. The maximum absolute atomic E-state index is 15.4. The number of furan rings is 1. The minimum absolute atomic E-state index is 0.0884. The zero-order valence-corrected chi connectivity index (χ0v) is 24.3. The van der Waals surface area contributed by atoms with Crippen LogP contribution in [0.1, 0.15) is 52.7 Å². The van der Waals surface area contributed by atoms with Crippen molar-refractivity contribution in [3.05, 3.63) is 114 Å². The maximum atomic E-state index is 15.4. The van der Waals surface area contributed by atoms with Gasteiger partial charge in [0.05, 0.1) is 11.3 Å². The molecule has 4 heteroatoms. The number of hydrogen-bond acceptors (Lipinski definition) is 2. The van der Waals surface area contributed by atoms with E-state index in [1.807, 2.05) is 63.2 Å². The van der Waals surface area contributed by atoms with Crippen molar-refractivity contribution < 1.29 is 13.2 Å². The van der Waals surface area contributed by atoms with Crippen LogP contribution in [0.3, 0.4) is 0 Å². The lowest BCUT2D eigenvalue weighted by molar-refractivity contribution is 0.520. The number of aromatic nitrogens is 1. The quantitative estimate of drug-likeness (QED) is 0.221. The van der Waals surface area contributed by atoms with Crippen LogP contribution in [0.5, 0.6) is 0 Å². The minimum atomic E-state index is -0.362. The second kappa shape index (κ2) is 9.66. The van der Waals surface area contributed by atoms with Crippen LogP contribution < -0.4 is 0 Å². The first-order chi connectivity index (χ1) is 19.4. The van der Waals surface area contributed by atoms with Crippen molar-refractivity contribution >= 4 is 21.9 Å². The monoisotopic (exact) mass is 545 g/mol. The third-order valence-corrected chi connectivity index (χ3v) is 7.81. The second-order valence-corrected chi connectivity index (χ2v) is 12.8. The molecule has 2 nitrogen and oxygen atoms in total. The molecular weight excluding hydrogens is 512 g/mol. The van der Waals surface area contributed by atoms with Crippen molar-refractivity contribution in [2.75, 3.05) is 0 Å². The van der Waals surface area contributed by atoms with E-state index < -0.39 is 0 Å². The maximum Gasteiger partial charge on any atom is 0.146 e. The van der Waals surface area contributed by atoms with Gasteiger partial charge in [0.15, 0.2) is 0 Å². The summed E-state index contributed by atoms with van der Waals surface area (Å²) in [6.45, 7) is 12.5. The summed E-state index contributed by atoms with van der Waals surface area (Å²) < 4.78 is 36.9. The lowest BCUT2D eigenvalue weighted by Crippen LogP contribution is -2.14. The van der Waals surface area contributed by atoms with E-state index in [0.717, 1.165) is 27.5 Å². The Labute approximate surface area is 239 Å². The Balaban J connectivity index is 1.44. The molecule has 6 rings (SSSR count). The first-order valence-electron chi connectivity index (χ1n) is 13.9. The van der Waals surface area contributed by atoms with Crippen molar-refractivity contribution in [1.29, 1.82) is 0 Å². The largest absolute Gasteiger partial charge is 0.455 e. The van der Waals surface area contributed by atoms with E-state index in [1.54, 1.807) is 12.3 Å². The van der Waals surface area contributed by atoms with E-state index in [2.05, 4.69) is 50.0 Å². The molecule has 0 aliphatic heterocycles. The van der Waals surface area contributed by atoms with E-state index in [-0.39, 0.29) is 22.5 Å². The molecule has 206 valence electrons. The van der Waals surface area contributed by atoms with E-state index in [4.69, 9.17) is 4.42 Å². The highest BCUT2D eigenvalue weighted by Crippen LogP contribution is 2.41. The first kappa shape index (κ1) is 26.9. The summed E-state index contributed by atoms with van der Waals surface area (Å²) in [6, 6.07) is 26.8. The molecule has 0 saturated carbocycles. The summed E-state index contributed by atoms with van der Waals surface area (Å²) in [5, 5.41) is 1.63. The normalized spacial score (nSPS) is 12.4. The van der Waals surface area contributed by atoms with Crippen molar-refractivity contribution in [2.24, 2.45) is 0 Å². The van der Waals surface area contributed by atoms with E-state index >= 15 is 8.78 Å². The van der Waals surface area contributed by atoms with Crippen LogP contribution in [0.4, 0.5) is 8.78 Å². The Morgan fingerprint density at radius 1 is 0.610 bits per heavy atom. The van der Waals surface area contributed by atoms with Gasteiger partial charge >= 0.3 is 0 Å². The van der Waals surface area contributed by atoms with Gasteiger partial charge in [-0.2, -0.15) is 0 Å². The Kier molecular flexibility index (Phi) is 6.33. The van der Waals surface area contributed by atoms with E-state index in [1.165, 1.54) is 17.7 Å². The molecule has 0 atom stereocenters. The predicted octanol–water partition coefficient (Wildman–Crippen LogP) is 10.9. The van der Waals surface area contributed by atoms with Crippen molar-refractivity contribution in [2.45, 2.75) is 52.4 Å². The third kappa shape index (κ3) is 4.82. The molecule has 41 heavy (non-hydrogen) atoms. The molecule has 6 aromatic rings. The van der Waals surface area contributed by atoms with Gasteiger partial charge < -0.3 is 4.42 Å². The molecule has 0 saturated heterocycles. The van der Waals surface area contributed by atoms with Crippen LogP contribution in [0.2, 0.25) is 0 Å². The number of halogens is 2. The third-order valence-electron chi connectivity index (χ3n) is 7.81. The Morgan fingerprint density at radius 3 is 1.83 bits per heavy atom. The molecule has 0 aliphatic carbocycles. The number of pyridine rings is 1. The minimum Gasteiger partial charge on any atom is -0.455 e. The number of nitrogens with zero attached hydrogens (tertiary/aromatic N) is 1. The van der Waals surface area contributed by atoms with Gasteiger partial charge in [-0.05, 0) is 51.3 Å². The number of hydrogen-bond donors (Lipinski definition) is 0. The molecule has 0 radical (unpaired) electrons. The molecule has 0 amide bonds. The summed E-state index contributed by atoms with van der Waals surface area (Å²) in [4.78, 5) is 4.58. The zero-order valence-electron chi connectivity index (χ0n) is 24.3. The fourth-order valence-corrected chi connectivity index (χ4v) is 5.43. The molecule has 0 fully saturated rings. The summed E-state index contributed by atoms with van der Waals surface area (Å²) in [5.74, 6) is -0.672. The average molecular weight is 546 g/mol. The molecule has 0 spiro atoms. The van der Waals surface area contributed by atoms with Crippen LogP contribution in [0, 0.1) is 11.6 Å². The standard InChI is InChI=1S/C37H33F2NO/c1-36(2,3)25-16-14-23(15-17-25)22-10-12-24(13-11-22)33-30(38)19-18-27-26-8-7-9-28(34(26)41-35(27)33)32-20-31(39)29(21-40-32)37(4,5)6/h7-21H,1-6H3. The SMILES string of the molecule is CC(C)(C)c1ccc(-c2ccc(-c3c(F)ccc4c3oc3c(-c5cc(F)c(C(C)(C)C)cn5)cccc34)cc2)cc1. The summed E-state index contributed by atoms with van der Waals surface area (Å²) >= 11 is 0. The van der Waals surface area contributed by atoms with Gasteiger partial charge in [-0.15, -0.1) is 0 Å². The van der Waals surface area contributed by atoms with E-state index in [0.29, 0.717) is 33.6 Å². The number of benzene rings is 4. The zero-order chi connectivity index (χ0) is 29.1. The summed E-state index contributed by atoms with van der Waals surface area (Å²) in [6.07, 6.45) is 1.59. The molecule has 0 bridgehead atoms. The van der Waals surface area contributed by atoms with Gasteiger partial charge in [0, 0.05) is 34.2 Å². The van der Waals surface area contributed by atoms with Gasteiger partial charge in [-0.3, -0.25) is 4.98 Å². The highest BCUT2D eigenvalue weighted by molar-refractivity contribution is 6.12. The van der Waals surface area contributed by atoms with Crippen molar-refractivity contribution in [1.82, 2.24) is 4.98 Å². The van der Waals surface area contributed by atoms with Gasteiger partial charge in [0.2, 0.25) is 0 Å². The van der Waals surface area contributed by atoms with Gasteiger partial charge in [-0.1, -0.05) is 102 Å². The number of rotatable bonds is 3. The molecule has 0 N–H and O–H groups in total. The second-order valence-electron chi connectivity index (χ2n) is 12.8. The number of fused-ring (bicyclic) bond motifs is 3. The highest BCUT2D eigenvalue weighted by atomic mass is 19.1. The molecule has 2 aromatic heterocycles. The predicted molar refractivity (Wildman–Crippen MR) is 165 cm³/mol. The van der Waals surface area contributed by atoms with Gasteiger partial charge in [0.25, 0.3) is 0 Å². The topological polar surface area (TPSA) is 26.0 Å². The summed E-state index contributed by atoms with van der Waals surface area (Å²) in [7, 11) is 0. The molecule has 0 aliphatic rings. The highest BCUT2D eigenvalue weighted by Gasteiger charge is 2.22. The van der Waals surface area contributed by atoms with E-state index in [9.17, 15) is 0 Å². The van der Waals surface area contributed by atoms with Crippen molar-refractivity contribution in [3.63, 3.8) is 0 Å². The Hall–Kier alpha value is -4.31. The van der Waals surface area contributed by atoms with Crippen LogP contribution >= 0.6 is 0 Å². The Morgan fingerprint density at radius 2 is 1.22 bits per heavy atom. The lowest BCUT2D eigenvalue weighted by Gasteiger charge is -2.19. The van der Waals surface area contributed by atoms with Crippen LogP contribution in [0.15, 0.2) is 95.5 Å². The van der Waals surface area contributed by atoms with Crippen LogP contribution in [-0.2, 0) is 10.8 Å². The average Bonchev–Trinajstić information content (AvgIpc) is 3.30. The molecule has 0 unspecified atom stereocenters. The van der Waals surface area contributed by atoms with Gasteiger partial charge in [-0.25, -0.2) is 8.78 Å². The summed E-state index contributed by atoms with van der Waals surface area (Å²) in [5.41, 5.74) is 7.00. The van der Waals surface area contributed by atoms with Crippen molar-refractivity contribution in [3.8, 4) is 33.5 Å². The van der Waals surface area contributed by atoms with Crippen LogP contribution in [0.25, 0.3) is 55.4 Å². The lowest BCUT2D eigenvalue weighted by atomic mass is 9.86. The fourth-order valence-electron chi connectivity index (χ4n) is 5.43. The molecule has 2 heterocycles. The van der Waals surface area contributed by atoms with Gasteiger partial charge in [0.1, 0.15) is 22.8 Å². The fraction of sp³-hybridized carbons (Fsp3) is 0.216. The first-order valence-corrected chi connectivity index (χ1v) is 13.9. The van der Waals surface area contributed by atoms with Crippen LogP contribution in [-0.4, -0.2) is 4.98 Å². The number of para-hydroxylation sites is 1. The Bertz CT molecular complexity index is 1900. The smallest absolute Gasteiger partial charge is 0.146 e. The molecule has 4 aromatic carbocycles.